The van der Waals surface area contributed by atoms with E-state index in [-0.39, 0.29) is 0 Å². The molecule has 2 aromatic carbocycles. The molecule has 0 atom stereocenters. The van der Waals surface area contributed by atoms with E-state index in [2.05, 4.69) is 19.1 Å². The highest BCUT2D eigenvalue weighted by Gasteiger charge is 2.06. The Balaban J connectivity index is 1.86. The SMILES string of the molecule is CCOc1cc(CCN)ccc1OCCOc1ccc(CC)cc1. The minimum atomic E-state index is 0.464. The Morgan fingerprint density at radius 1 is 0.792 bits per heavy atom. The molecule has 0 saturated carbocycles. The first kappa shape index (κ1) is 18.1. The second kappa shape index (κ2) is 9.83. The second-order valence-electron chi connectivity index (χ2n) is 5.45. The van der Waals surface area contributed by atoms with Crippen molar-refractivity contribution in [1.29, 1.82) is 0 Å². The van der Waals surface area contributed by atoms with E-state index >= 15 is 0 Å². The van der Waals surface area contributed by atoms with E-state index in [0.29, 0.717) is 26.4 Å². The summed E-state index contributed by atoms with van der Waals surface area (Å²) in [5, 5.41) is 0. The van der Waals surface area contributed by atoms with Gasteiger partial charge in [0.25, 0.3) is 0 Å². The smallest absolute Gasteiger partial charge is 0.161 e. The summed E-state index contributed by atoms with van der Waals surface area (Å²) in [5.41, 5.74) is 8.06. The van der Waals surface area contributed by atoms with Crippen LogP contribution in [0.5, 0.6) is 17.2 Å². The van der Waals surface area contributed by atoms with Crippen LogP contribution >= 0.6 is 0 Å². The molecule has 2 rings (SSSR count). The molecular weight excluding hydrogens is 302 g/mol. The number of aryl methyl sites for hydroxylation is 1. The van der Waals surface area contributed by atoms with Gasteiger partial charge in [0.1, 0.15) is 19.0 Å². The van der Waals surface area contributed by atoms with Crippen molar-refractivity contribution in [2.45, 2.75) is 26.7 Å². The predicted molar refractivity (Wildman–Crippen MR) is 97.2 cm³/mol. The normalized spacial score (nSPS) is 10.5. The van der Waals surface area contributed by atoms with Crippen molar-refractivity contribution < 1.29 is 14.2 Å². The zero-order chi connectivity index (χ0) is 17.2. The predicted octanol–water partition coefficient (Wildman–Crippen LogP) is 3.61. The van der Waals surface area contributed by atoms with Crippen LogP contribution in [0.15, 0.2) is 42.5 Å². The van der Waals surface area contributed by atoms with Gasteiger partial charge in [-0.15, -0.1) is 0 Å². The van der Waals surface area contributed by atoms with Crippen LogP contribution in [0.4, 0.5) is 0 Å². The topological polar surface area (TPSA) is 53.7 Å². The van der Waals surface area contributed by atoms with Crippen LogP contribution in [-0.4, -0.2) is 26.4 Å². The van der Waals surface area contributed by atoms with E-state index < -0.39 is 0 Å². The van der Waals surface area contributed by atoms with Crippen LogP contribution in [0.25, 0.3) is 0 Å². The third-order valence-corrected chi connectivity index (χ3v) is 3.68. The summed E-state index contributed by atoms with van der Waals surface area (Å²) in [4.78, 5) is 0. The quantitative estimate of drug-likeness (QED) is 0.677. The van der Waals surface area contributed by atoms with E-state index in [0.717, 1.165) is 35.7 Å². The summed E-state index contributed by atoms with van der Waals surface area (Å²) in [6.07, 6.45) is 1.86. The summed E-state index contributed by atoms with van der Waals surface area (Å²) in [6, 6.07) is 14.1. The van der Waals surface area contributed by atoms with Crippen molar-refractivity contribution in [3.05, 3.63) is 53.6 Å². The fraction of sp³-hybridized carbons (Fsp3) is 0.400. The summed E-state index contributed by atoms with van der Waals surface area (Å²) < 4.78 is 17.2. The van der Waals surface area contributed by atoms with Crippen LogP contribution in [0.2, 0.25) is 0 Å². The Bertz CT molecular complexity index is 611. The minimum absolute atomic E-state index is 0.464. The summed E-state index contributed by atoms with van der Waals surface area (Å²) >= 11 is 0. The van der Waals surface area contributed by atoms with Gasteiger partial charge in [-0.2, -0.15) is 0 Å². The van der Waals surface area contributed by atoms with Crippen LogP contribution in [0.3, 0.4) is 0 Å². The molecule has 24 heavy (non-hydrogen) atoms. The number of benzene rings is 2. The Kier molecular flexibility index (Phi) is 7.43. The lowest BCUT2D eigenvalue weighted by molar-refractivity contribution is 0.208. The molecule has 0 unspecified atom stereocenters. The van der Waals surface area contributed by atoms with Crippen molar-refractivity contribution in [2.24, 2.45) is 5.73 Å². The molecule has 4 heteroatoms. The number of nitrogens with two attached hydrogens (primary N) is 1. The largest absolute Gasteiger partial charge is 0.490 e. The van der Waals surface area contributed by atoms with E-state index in [9.17, 15) is 0 Å². The van der Waals surface area contributed by atoms with Gasteiger partial charge < -0.3 is 19.9 Å². The van der Waals surface area contributed by atoms with E-state index in [1.807, 2.05) is 37.3 Å². The maximum atomic E-state index is 5.81. The van der Waals surface area contributed by atoms with Crippen LogP contribution < -0.4 is 19.9 Å². The maximum absolute atomic E-state index is 5.81. The minimum Gasteiger partial charge on any atom is -0.490 e. The number of ether oxygens (including phenoxy) is 3. The third-order valence-electron chi connectivity index (χ3n) is 3.68. The lowest BCUT2D eigenvalue weighted by Gasteiger charge is -2.14. The number of hydrogen-bond donors (Lipinski definition) is 1. The van der Waals surface area contributed by atoms with Crippen molar-refractivity contribution in [1.82, 2.24) is 0 Å². The third kappa shape index (κ3) is 5.46. The molecule has 0 aliphatic rings. The average molecular weight is 329 g/mol. The lowest BCUT2D eigenvalue weighted by atomic mass is 10.1. The Labute approximate surface area is 144 Å². The van der Waals surface area contributed by atoms with E-state index in [4.69, 9.17) is 19.9 Å². The summed E-state index contributed by atoms with van der Waals surface area (Å²) in [5.74, 6) is 2.36. The van der Waals surface area contributed by atoms with Gasteiger partial charge in [-0.1, -0.05) is 25.1 Å². The van der Waals surface area contributed by atoms with E-state index in [1.165, 1.54) is 5.56 Å². The average Bonchev–Trinajstić information content (AvgIpc) is 2.61. The molecular formula is C20H27NO3. The molecule has 0 saturated heterocycles. The summed E-state index contributed by atoms with van der Waals surface area (Å²) in [7, 11) is 0. The molecule has 2 N–H and O–H groups in total. The van der Waals surface area contributed by atoms with Gasteiger partial charge in [-0.05, 0) is 61.7 Å². The zero-order valence-electron chi connectivity index (χ0n) is 14.6. The van der Waals surface area contributed by atoms with Gasteiger partial charge in [-0.3, -0.25) is 0 Å². The molecule has 0 aliphatic carbocycles. The molecule has 130 valence electrons. The Hall–Kier alpha value is -2.20. The molecule has 0 amide bonds. The molecule has 0 aliphatic heterocycles. The lowest BCUT2D eigenvalue weighted by Crippen LogP contribution is -2.10. The fourth-order valence-corrected chi connectivity index (χ4v) is 2.39. The highest BCUT2D eigenvalue weighted by Crippen LogP contribution is 2.28. The Morgan fingerprint density at radius 3 is 2.17 bits per heavy atom. The molecule has 0 spiro atoms. The first-order valence-electron chi connectivity index (χ1n) is 8.57. The Morgan fingerprint density at radius 2 is 1.50 bits per heavy atom. The molecule has 4 nitrogen and oxygen atoms in total. The van der Waals surface area contributed by atoms with Gasteiger partial charge >= 0.3 is 0 Å². The van der Waals surface area contributed by atoms with Crippen LogP contribution in [0, 0.1) is 0 Å². The number of rotatable bonds is 10. The zero-order valence-corrected chi connectivity index (χ0v) is 14.6. The van der Waals surface area contributed by atoms with Crippen LogP contribution in [-0.2, 0) is 12.8 Å². The van der Waals surface area contributed by atoms with Gasteiger partial charge in [0.15, 0.2) is 11.5 Å². The summed E-state index contributed by atoms with van der Waals surface area (Å²) in [6.45, 7) is 6.27. The van der Waals surface area contributed by atoms with Crippen molar-refractivity contribution in [3.8, 4) is 17.2 Å². The monoisotopic (exact) mass is 329 g/mol. The number of hydrogen-bond acceptors (Lipinski definition) is 4. The molecule has 0 aromatic heterocycles. The molecule has 0 heterocycles. The fourth-order valence-electron chi connectivity index (χ4n) is 2.39. The first-order valence-corrected chi connectivity index (χ1v) is 8.57. The second-order valence-corrected chi connectivity index (χ2v) is 5.45. The van der Waals surface area contributed by atoms with Crippen LogP contribution in [0.1, 0.15) is 25.0 Å². The highest BCUT2D eigenvalue weighted by atomic mass is 16.5. The molecule has 0 fully saturated rings. The standard InChI is InChI=1S/C20H27NO3/c1-3-16-5-8-18(9-6-16)23-13-14-24-19-10-7-17(11-12-21)15-20(19)22-4-2/h5-10,15H,3-4,11-14,21H2,1-2H3. The molecule has 2 aromatic rings. The van der Waals surface area contributed by atoms with Gasteiger partial charge in [0, 0.05) is 0 Å². The van der Waals surface area contributed by atoms with Crippen molar-refractivity contribution in [3.63, 3.8) is 0 Å². The highest BCUT2D eigenvalue weighted by molar-refractivity contribution is 5.43. The first-order chi connectivity index (χ1) is 11.8. The van der Waals surface area contributed by atoms with Gasteiger partial charge in [0.2, 0.25) is 0 Å². The molecule has 0 bridgehead atoms. The van der Waals surface area contributed by atoms with Gasteiger partial charge in [-0.25, -0.2) is 0 Å². The van der Waals surface area contributed by atoms with Crippen molar-refractivity contribution >= 4 is 0 Å². The maximum Gasteiger partial charge on any atom is 0.161 e. The van der Waals surface area contributed by atoms with Gasteiger partial charge in [0.05, 0.1) is 6.61 Å². The van der Waals surface area contributed by atoms with E-state index in [1.54, 1.807) is 0 Å². The van der Waals surface area contributed by atoms with Crippen molar-refractivity contribution in [2.75, 3.05) is 26.4 Å². The molecule has 0 radical (unpaired) electrons.